The summed E-state index contributed by atoms with van der Waals surface area (Å²) < 4.78 is 20.7. The van der Waals surface area contributed by atoms with Crippen LogP contribution in [-0.4, -0.2) is 30.7 Å². The standard InChI is InChI=1S/C23H25FN2O2.ClH/c1-3-20-13-18-14-21(28-2)8-9-22(18)26(20)25-11-10-16(15-25)12-23(27)17-4-6-19(24)7-5-17;/h4-9,13-14,16H,3,10-12,15H2,1-2H3;1H. The largest absolute Gasteiger partial charge is 0.497 e. The van der Waals surface area contributed by atoms with Gasteiger partial charge in [-0.2, -0.15) is 0 Å². The number of carbonyl (C=O) groups is 1. The minimum atomic E-state index is -0.313. The molecule has 154 valence electrons. The third-order valence-corrected chi connectivity index (χ3v) is 5.61. The Morgan fingerprint density at radius 3 is 2.62 bits per heavy atom. The SMILES string of the molecule is CCc1cc2cc(OC)ccc2n1N1CCC(CC(=O)c2ccc(F)cc2)C1.Cl. The van der Waals surface area contributed by atoms with Gasteiger partial charge in [0.25, 0.3) is 0 Å². The van der Waals surface area contributed by atoms with Gasteiger partial charge in [0, 0.05) is 36.2 Å². The molecule has 0 saturated carbocycles. The van der Waals surface area contributed by atoms with Crippen LogP contribution in [0.3, 0.4) is 0 Å². The molecule has 1 saturated heterocycles. The van der Waals surface area contributed by atoms with Crippen molar-refractivity contribution in [1.82, 2.24) is 4.68 Å². The average molecular weight is 417 g/mol. The lowest BCUT2D eigenvalue weighted by molar-refractivity contribution is 0.0964. The van der Waals surface area contributed by atoms with Crippen molar-refractivity contribution in [3.05, 3.63) is 65.6 Å². The first-order valence-electron chi connectivity index (χ1n) is 9.81. The van der Waals surface area contributed by atoms with Gasteiger partial charge in [0.1, 0.15) is 11.6 Å². The van der Waals surface area contributed by atoms with Crippen molar-refractivity contribution in [2.75, 3.05) is 25.2 Å². The van der Waals surface area contributed by atoms with Crippen LogP contribution in [-0.2, 0) is 6.42 Å². The van der Waals surface area contributed by atoms with Crippen molar-refractivity contribution in [3.63, 3.8) is 0 Å². The first-order chi connectivity index (χ1) is 13.6. The second kappa shape index (κ2) is 8.87. The molecular weight excluding hydrogens is 391 g/mol. The second-order valence-electron chi connectivity index (χ2n) is 7.43. The van der Waals surface area contributed by atoms with E-state index in [4.69, 9.17) is 4.74 Å². The van der Waals surface area contributed by atoms with Crippen LogP contribution in [0.1, 0.15) is 35.8 Å². The van der Waals surface area contributed by atoms with E-state index in [9.17, 15) is 9.18 Å². The van der Waals surface area contributed by atoms with Crippen molar-refractivity contribution < 1.29 is 13.9 Å². The van der Waals surface area contributed by atoms with Crippen molar-refractivity contribution in [3.8, 4) is 5.75 Å². The van der Waals surface area contributed by atoms with Crippen LogP contribution in [0.2, 0.25) is 0 Å². The Kier molecular flexibility index (Phi) is 6.48. The zero-order chi connectivity index (χ0) is 19.7. The summed E-state index contributed by atoms with van der Waals surface area (Å²) in [4.78, 5) is 12.5. The number of carbonyl (C=O) groups excluding carboxylic acids is 1. The third-order valence-electron chi connectivity index (χ3n) is 5.61. The van der Waals surface area contributed by atoms with Crippen LogP contribution in [0, 0.1) is 11.7 Å². The minimum Gasteiger partial charge on any atom is -0.497 e. The lowest BCUT2D eigenvalue weighted by atomic mass is 9.98. The Morgan fingerprint density at radius 1 is 1.17 bits per heavy atom. The summed E-state index contributed by atoms with van der Waals surface area (Å²) in [6, 6.07) is 14.2. The van der Waals surface area contributed by atoms with Crippen molar-refractivity contribution in [2.45, 2.75) is 26.2 Å². The number of Topliss-reactive ketones (excluding diaryl/α,β-unsaturated/α-hetero) is 1. The molecule has 2 aromatic carbocycles. The van der Waals surface area contributed by atoms with E-state index in [0.29, 0.717) is 17.9 Å². The number of rotatable bonds is 6. The van der Waals surface area contributed by atoms with E-state index in [0.717, 1.165) is 31.7 Å². The highest BCUT2D eigenvalue weighted by Gasteiger charge is 2.27. The Labute approximate surface area is 176 Å². The Hall–Kier alpha value is -2.53. The van der Waals surface area contributed by atoms with Crippen LogP contribution in [0.5, 0.6) is 5.75 Å². The molecule has 1 aliphatic heterocycles. The molecule has 0 amide bonds. The molecule has 29 heavy (non-hydrogen) atoms. The molecule has 2 heterocycles. The Morgan fingerprint density at radius 2 is 1.93 bits per heavy atom. The smallest absolute Gasteiger partial charge is 0.163 e. The molecule has 0 spiro atoms. The van der Waals surface area contributed by atoms with Gasteiger partial charge in [-0.15, -0.1) is 12.4 Å². The van der Waals surface area contributed by atoms with Gasteiger partial charge in [-0.1, -0.05) is 6.92 Å². The van der Waals surface area contributed by atoms with Gasteiger partial charge < -0.3 is 9.75 Å². The number of aromatic nitrogens is 1. The number of hydrogen-bond donors (Lipinski definition) is 0. The number of nitrogens with zero attached hydrogens (tertiary/aromatic N) is 2. The summed E-state index contributed by atoms with van der Waals surface area (Å²) >= 11 is 0. The maximum atomic E-state index is 13.1. The topological polar surface area (TPSA) is 34.5 Å². The summed E-state index contributed by atoms with van der Waals surface area (Å²) in [5.41, 5.74) is 3.02. The Bertz CT molecular complexity index is 1000. The molecule has 1 aliphatic rings. The maximum Gasteiger partial charge on any atom is 0.163 e. The van der Waals surface area contributed by atoms with Crippen molar-refractivity contribution >= 4 is 29.1 Å². The van der Waals surface area contributed by atoms with Gasteiger partial charge in [-0.05, 0) is 67.3 Å². The first kappa shape index (κ1) is 21.2. The van der Waals surface area contributed by atoms with Gasteiger partial charge in [0.05, 0.1) is 12.6 Å². The van der Waals surface area contributed by atoms with Crippen molar-refractivity contribution in [2.24, 2.45) is 5.92 Å². The minimum absolute atomic E-state index is 0. The van der Waals surface area contributed by atoms with Crippen LogP contribution in [0.25, 0.3) is 10.9 Å². The lowest BCUT2D eigenvalue weighted by Crippen LogP contribution is -2.33. The maximum absolute atomic E-state index is 13.1. The molecule has 1 aromatic heterocycles. The molecule has 6 heteroatoms. The number of hydrogen-bond acceptors (Lipinski definition) is 3. The lowest BCUT2D eigenvalue weighted by Gasteiger charge is -2.24. The van der Waals surface area contributed by atoms with E-state index in [1.54, 1.807) is 19.2 Å². The van der Waals surface area contributed by atoms with Crippen molar-refractivity contribution in [1.29, 1.82) is 0 Å². The van der Waals surface area contributed by atoms with Crippen LogP contribution >= 0.6 is 12.4 Å². The van der Waals surface area contributed by atoms with Gasteiger partial charge in [0.2, 0.25) is 0 Å². The first-order valence-corrected chi connectivity index (χ1v) is 9.81. The number of ether oxygens (including phenoxy) is 1. The summed E-state index contributed by atoms with van der Waals surface area (Å²) in [7, 11) is 1.68. The predicted molar refractivity (Wildman–Crippen MR) is 117 cm³/mol. The van der Waals surface area contributed by atoms with Gasteiger partial charge in [-0.25, -0.2) is 4.39 Å². The molecule has 4 nitrogen and oxygen atoms in total. The van der Waals surface area contributed by atoms with E-state index < -0.39 is 0 Å². The third kappa shape index (κ3) is 4.25. The summed E-state index contributed by atoms with van der Waals surface area (Å²) in [6.07, 6.45) is 2.41. The molecule has 0 radical (unpaired) electrons. The molecule has 3 aromatic rings. The van der Waals surface area contributed by atoms with E-state index in [2.05, 4.69) is 34.8 Å². The fourth-order valence-electron chi connectivity index (χ4n) is 4.13. The van der Waals surface area contributed by atoms with Gasteiger partial charge in [-0.3, -0.25) is 9.47 Å². The highest BCUT2D eigenvalue weighted by molar-refractivity contribution is 5.96. The molecule has 1 atom stereocenters. The van der Waals surface area contributed by atoms with Crippen LogP contribution in [0.4, 0.5) is 4.39 Å². The van der Waals surface area contributed by atoms with E-state index in [-0.39, 0.29) is 24.0 Å². The van der Waals surface area contributed by atoms with Gasteiger partial charge in [0.15, 0.2) is 5.78 Å². The van der Waals surface area contributed by atoms with Crippen LogP contribution in [0.15, 0.2) is 48.5 Å². The zero-order valence-electron chi connectivity index (χ0n) is 16.7. The molecule has 1 unspecified atom stereocenters. The fraction of sp³-hybridized carbons (Fsp3) is 0.348. The Balaban J connectivity index is 0.00000240. The number of methoxy groups -OCH3 is 1. The molecule has 0 aliphatic carbocycles. The highest BCUT2D eigenvalue weighted by atomic mass is 35.5. The van der Waals surface area contributed by atoms with E-state index in [1.165, 1.54) is 28.7 Å². The number of benzene rings is 2. The van der Waals surface area contributed by atoms with E-state index >= 15 is 0 Å². The summed E-state index contributed by atoms with van der Waals surface area (Å²) in [6.45, 7) is 3.92. The highest BCUT2D eigenvalue weighted by Crippen LogP contribution is 2.28. The molecule has 0 N–H and O–H groups in total. The summed E-state index contributed by atoms with van der Waals surface area (Å²) in [5, 5.41) is 3.51. The number of aryl methyl sites for hydroxylation is 1. The normalized spacial score (nSPS) is 16.1. The second-order valence-corrected chi connectivity index (χ2v) is 7.43. The predicted octanol–water partition coefficient (Wildman–Crippen LogP) is 5.00. The molecule has 1 fully saturated rings. The average Bonchev–Trinajstić information content (AvgIpc) is 3.31. The molecule has 4 rings (SSSR count). The summed E-state index contributed by atoms with van der Waals surface area (Å²) in [5.74, 6) is 0.936. The number of ketones is 1. The fourth-order valence-corrected chi connectivity index (χ4v) is 4.13. The number of fused-ring (bicyclic) bond motifs is 1. The van der Waals surface area contributed by atoms with E-state index in [1.807, 2.05) is 6.07 Å². The quantitative estimate of drug-likeness (QED) is 0.530. The molecular formula is C23H26ClFN2O2. The van der Waals surface area contributed by atoms with Crippen LogP contribution < -0.4 is 9.75 Å². The monoisotopic (exact) mass is 416 g/mol. The number of halogens is 2. The van der Waals surface area contributed by atoms with Gasteiger partial charge >= 0.3 is 0 Å². The molecule has 0 bridgehead atoms. The zero-order valence-corrected chi connectivity index (χ0v) is 17.5.